The van der Waals surface area contributed by atoms with Crippen molar-refractivity contribution in [1.82, 2.24) is 0 Å². The van der Waals surface area contributed by atoms with Crippen LogP contribution >= 0.6 is 0 Å². The zero-order valence-corrected chi connectivity index (χ0v) is 11.6. The molecule has 0 saturated heterocycles. The fourth-order valence-electron chi connectivity index (χ4n) is 1.85. The minimum absolute atomic E-state index is 0.811. The van der Waals surface area contributed by atoms with Gasteiger partial charge in [0, 0.05) is 5.56 Å². The molecular formula is C18H18O. The molecule has 1 unspecified atom stereocenters. The summed E-state index contributed by atoms with van der Waals surface area (Å²) in [6.45, 7) is 5.86. The van der Waals surface area contributed by atoms with Crippen LogP contribution in [0.15, 0.2) is 48.5 Å². The molecule has 0 aliphatic heterocycles. The number of aliphatic hydroxyl groups is 1. The third-order valence-corrected chi connectivity index (χ3v) is 3.29. The summed E-state index contributed by atoms with van der Waals surface area (Å²) in [6, 6.07) is 15.6. The monoisotopic (exact) mass is 250 g/mol. The Morgan fingerprint density at radius 2 is 1.63 bits per heavy atom. The standard InChI is InChI=1S/C18H18O/c1-14-9-10-16(13-15(14)2)11-12-18(3,19)17-7-5-4-6-8-17/h4-10,13,19H,1-3H3. The molecule has 0 saturated carbocycles. The molecule has 2 aromatic rings. The Balaban J connectivity index is 2.30. The Kier molecular flexibility index (Phi) is 3.74. The van der Waals surface area contributed by atoms with Crippen molar-refractivity contribution in [2.75, 3.05) is 0 Å². The summed E-state index contributed by atoms with van der Waals surface area (Å²) in [5.41, 5.74) is 3.08. The minimum atomic E-state index is -1.12. The highest BCUT2D eigenvalue weighted by Crippen LogP contribution is 2.19. The molecule has 0 radical (unpaired) electrons. The molecule has 2 rings (SSSR count). The van der Waals surface area contributed by atoms with Crippen molar-refractivity contribution in [3.63, 3.8) is 0 Å². The summed E-state index contributed by atoms with van der Waals surface area (Å²) in [5, 5.41) is 10.4. The van der Waals surface area contributed by atoms with Gasteiger partial charge in [0.15, 0.2) is 0 Å². The van der Waals surface area contributed by atoms with Crippen LogP contribution < -0.4 is 0 Å². The van der Waals surface area contributed by atoms with Crippen molar-refractivity contribution < 1.29 is 5.11 Å². The van der Waals surface area contributed by atoms with E-state index >= 15 is 0 Å². The first-order chi connectivity index (χ1) is 8.99. The van der Waals surface area contributed by atoms with Gasteiger partial charge in [0.05, 0.1) is 0 Å². The first-order valence-electron chi connectivity index (χ1n) is 6.37. The van der Waals surface area contributed by atoms with Gasteiger partial charge in [0.1, 0.15) is 5.60 Å². The molecule has 1 nitrogen and oxygen atoms in total. The minimum Gasteiger partial charge on any atom is -0.374 e. The number of hydrogen-bond donors (Lipinski definition) is 1. The van der Waals surface area contributed by atoms with Crippen LogP contribution in [-0.4, -0.2) is 5.11 Å². The molecule has 1 atom stereocenters. The molecule has 96 valence electrons. The van der Waals surface area contributed by atoms with Gasteiger partial charge in [-0.25, -0.2) is 0 Å². The lowest BCUT2D eigenvalue weighted by atomic mass is 9.96. The first-order valence-corrected chi connectivity index (χ1v) is 6.37. The summed E-state index contributed by atoms with van der Waals surface area (Å²) in [5.74, 6) is 6.00. The number of aryl methyl sites for hydroxylation is 2. The summed E-state index contributed by atoms with van der Waals surface area (Å²) >= 11 is 0. The molecule has 0 aliphatic carbocycles. The predicted molar refractivity (Wildman–Crippen MR) is 78.8 cm³/mol. The van der Waals surface area contributed by atoms with Gasteiger partial charge >= 0.3 is 0 Å². The number of rotatable bonds is 1. The highest BCUT2D eigenvalue weighted by Gasteiger charge is 2.18. The highest BCUT2D eigenvalue weighted by atomic mass is 16.3. The lowest BCUT2D eigenvalue weighted by molar-refractivity contribution is 0.122. The van der Waals surface area contributed by atoms with Crippen LogP contribution in [0.5, 0.6) is 0 Å². The van der Waals surface area contributed by atoms with Crippen molar-refractivity contribution in [1.29, 1.82) is 0 Å². The van der Waals surface area contributed by atoms with Crippen LogP contribution in [0.4, 0.5) is 0 Å². The smallest absolute Gasteiger partial charge is 0.148 e. The van der Waals surface area contributed by atoms with Crippen LogP contribution in [0.25, 0.3) is 0 Å². The molecule has 1 N–H and O–H groups in total. The van der Waals surface area contributed by atoms with E-state index < -0.39 is 5.60 Å². The summed E-state index contributed by atoms with van der Waals surface area (Å²) in [7, 11) is 0. The van der Waals surface area contributed by atoms with Crippen molar-refractivity contribution in [3.8, 4) is 11.8 Å². The third kappa shape index (κ3) is 3.24. The number of hydrogen-bond acceptors (Lipinski definition) is 1. The van der Waals surface area contributed by atoms with Gasteiger partial charge in [0.2, 0.25) is 0 Å². The van der Waals surface area contributed by atoms with Gasteiger partial charge in [-0.3, -0.25) is 0 Å². The summed E-state index contributed by atoms with van der Waals surface area (Å²) < 4.78 is 0. The Hall–Kier alpha value is -2.04. The van der Waals surface area contributed by atoms with Gasteiger partial charge in [0.25, 0.3) is 0 Å². The Morgan fingerprint density at radius 1 is 0.947 bits per heavy atom. The zero-order chi connectivity index (χ0) is 13.9. The van der Waals surface area contributed by atoms with E-state index in [1.54, 1.807) is 6.92 Å². The predicted octanol–water partition coefficient (Wildman–Crippen LogP) is 3.56. The SMILES string of the molecule is Cc1ccc(C#CC(C)(O)c2ccccc2)cc1C. The molecule has 0 spiro atoms. The zero-order valence-electron chi connectivity index (χ0n) is 11.6. The van der Waals surface area contributed by atoms with Crippen LogP contribution in [0.3, 0.4) is 0 Å². The van der Waals surface area contributed by atoms with E-state index in [4.69, 9.17) is 0 Å². The normalized spacial score (nSPS) is 13.3. The second-order valence-corrected chi connectivity index (χ2v) is 4.99. The van der Waals surface area contributed by atoms with Crippen LogP contribution in [0, 0.1) is 25.7 Å². The van der Waals surface area contributed by atoms with Crippen LogP contribution in [0.1, 0.15) is 29.2 Å². The van der Waals surface area contributed by atoms with Crippen LogP contribution in [-0.2, 0) is 5.60 Å². The van der Waals surface area contributed by atoms with E-state index in [1.807, 2.05) is 42.5 Å². The highest BCUT2D eigenvalue weighted by molar-refractivity contribution is 5.42. The van der Waals surface area contributed by atoms with E-state index in [9.17, 15) is 5.11 Å². The van der Waals surface area contributed by atoms with Crippen molar-refractivity contribution >= 4 is 0 Å². The van der Waals surface area contributed by atoms with Gasteiger partial charge in [-0.05, 0) is 49.6 Å². The van der Waals surface area contributed by atoms with Crippen LogP contribution in [0.2, 0.25) is 0 Å². The first kappa shape index (κ1) is 13.4. The topological polar surface area (TPSA) is 20.2 Å². The molecule has 0 aromatic heterocycles. The largest absolute Gasteiger partial charge is 0.374 e. The Labute approximate surface area is 114 Å². The maximum atomic E-state index is 10.4. The fraction of sp³-hybridized carbons (Fsp3) is 0.222. The number of benzene rings is 2. The van der Waals surface area contributed by atoms with E-state index in [0.717, 1.165) is 11.1 Å². The van der Waals surface area contributed by atoms with Crippen molar-refractivity contribution in [2.24, 2.45) is 0 Å². The molecule has 0 heterocycles. The average Bonchev–Trinajstić information content (AvgIpc) is 2.41. The summed E-state index contributed by atoms with van der Waals surface area (Å²) in [6.07, 6.45) is 0. The quantitative estimate of drug-likeness (QED) is 0.767. The van der Waals surface area contributed by atoms with Gasteiger partial charge in [-0.1, -0.05) is 48.2 Å². The molecule has 0 bridgehead atoms. The van der Waals surface area contributed by atoms with E-state index in [1.165, 1.54) is 11.1 Å². The maximum Gasteiger partial charge on any atom is 0.148 e. The Bertz CT molecular complexity index is 628. The Morgan fingerprint density at radius 3 is 2.26 bits per heavy atom. The summed E-state index contributed by atoms with van der Waals surface area (Å²) in [4.78, 5) is 0. The molecule has 2 aromatic carbocycles. The second-order valence-electron chi connectivity index (χ2n) is 4.99. The second kappa shape index (κ2) is 5.30. The van der Waals surface area contributed by atoms with Gasteiger partial charge in [-0.2, -0.15) is 0 Å². The molecule has 0 fully saturated rings. The average molecular weight is 250 g/mol. The maximum absolute atomic E-state index is 10.4. The fourth-order valence-corrected chi connectivity index (χ4v) is 1.85. The van der Waals surface area contributed by atoms with Gasteiger partial charge < -0.3 is 5.11 Å². The third-order valence-electron chi connectivity index (χ3n) is 3.29. The van der Waals surface area contributed by atoms with E-state index in [-0.39, 0.29) is 0 Å². The van der Waals surface area contributed by atoms with E-state index in [0.29, 0.717) is 0 Å². The van der Waals surface area contributed by atoms with Gasteiger partial charge in [-0.15, -0.1) is 0 Å². The van der Waals surface area contributed by atoms with Crippen molar-refractivity contribution in [2.45, 2.75) is 26.4 Å². The van der Waals surface area contributed by atoms with Crippen molar-refractivity contribution in [3.05, 3.63) is 70.8 Å². The van der Waals surface area contributed by atoms with E-state index in [2.05, 4.69) is 31.8 Å². The lowest BCUT2D eigenvalue weighted by Crippen LogP contribution is -2.18. The molecule has 19 heavy (non-hydrogen) atoms. The molecule has 0 aliphatic rings. The molecular weight excluding hydrogens is 232 g/mol. The molecule has 1 heteroatoms. The molecule has 0 amide bonds. The lowest BCUT2D eigenvalue weighted by Gasteiger charge is -2.16.